The summed E-state index contributed by atoms with van der Waals surface area (Å²) < 4.78 is 22.0. The van der Waals surface area contributed by atoms with Gasteiger partial charge in [-0.05, 0) is 68.1 Å². The van der Waals surface area contributed by atoms with Crippen molar-refractivity contribution < 1.29 is 9.13 Å². The predicted octanol–water partition coefficient (Wildman–Crippen LogP) is 4.21. The number of rotatable bonds is 6. The molecule has 4 nitrogen and oxygen atoms in total. The van der Waals surface area contributed by atoms with Gasteiger partial charge in [-0.25, -0.2) is 9.37 Å². The lowest BCUT2D eigenvalue weighted by molar-refractivity contribution is -0.0343. The Balaban J connectivity index is 1.28. The van der Waals surface area contributed by atoms with E-state index >= 15 is 0 Å². The van der Waals surface area contributed by atoms with Gasteiger partial charge in [-0.1, -0.05) is 12.1 Å². The lowest BCUT2D eigenvalue weighted by Crippen LogP contribution is -2.38. The van der Waals surface area contributed by atoms with Crippen LogP contribution in [0.25, 0.3) is 0 Å². The number of hydrogen-bond donors (Lipinski definition) is 0. The summed E-state index contributed by atoms with van der Waals surface area (Å²) in [4.78, 5) is 7.01. The highest BCUT2D eigenvalue weighted by atomic mass is 19.1. The number of ether oxygens (including phenoxy) is 1. The number of halogens is 1. The SMILES string of the molecule is Cc1nccn1[C@H]1C[C@H]2CN(Cc3ccc(F)cc3)C[C@H]2C[C@@H]1OCC1CC1. The molecule has 3 aliphatic rings. The molecule has 0 amide bonds. The monoisotopic (exact) mass is 383 g/mol. The molecule has 0 spiro atoms. The van der Waals surface area contributed by atoms with Gasteiger partial charge in [0.05, 0.1) is 12.1 Å². The molecule has 1 aromatic heterocycles. The number of aromatic nitrogens is 2. The molecule has 2 saturated carbocycles. The second-order valence-corrected chi connectivity index (χ2v) is 9.08. The smallest absolute Gasteiger partial charge is 0.123 e. The van der Waals surface area contributed by atoms with Crippen LogP contribution >= 0.6 is 0 Å². The topological polar surface area (TPSA) is 30.3 Å². The first kappa shape index (κ1) is 18.3. The summed E-state index contributed by atoms with van der Waals surface area (Å²) in [5.74, 6) is 3.12. The maximum atomic E-state index is 13.2. The zero-order chi connectivity index (χ0) is 19.1. The molecule has 1 aromatic carbocycles. The molecule has 0 unspecified atom stereocenters. The van der Waals surface area contributed by atoms with Gasteiger partial charge in [-0.2, -0.15) is 0 Å². The molecule has 0 N–H and O–H groups in total. The van der Waals surface area contributed by atoms with Crippen LogP contribution < -0.4 is 0 Å². The number of hydrogen-bond acceptors (Lipinski definition) is 3. The molecular weight excluding hydrogens is 353 g/mol. The second kappa shape index (κ2) is 7.60. The molecule has 5 rings (SSSR count). The highest BCUT2D eigenvalue weighted by molar-refractivity contribution is 5.16. The highest BCUT2D eigenvalue weighted by Gasteiger charge is 2.43. The zero-order valence-corrected chi connectivity index (χ0v) is 16.6. The standard InChI is InChI=1S/C23H30FN3O/c1-16-25-8-9-27(16)22-10-19-13-26(12-17-4-6-21(24)7-5-17)14-20(19)11-23(22)28-15-18-2-3-18/h4-9,18-20,22-23H,2-3,10-15H2,1H3/t19-,20+,22-,23-/m0/s1. The Bertz CT molecular complexity index is 800. The number of nitrogens with zero attached hydrogens (tertiary/aromatic N) is 3. The Morgan fingerprint density at radius 3 is 2.54 bits per heavy atom. The largest absolute Gasteiger partial charge is 0.376 e. The molecule has 28 heavy (non-hydrogen) atoms. The van der Waals surface area contributed by atoms with Crippen LogP contribution in [-0.2, 0) is 11.3 Å². The van der Waals surface area contributed by atoms with Crippen LogP contribution in [0.1, 0.15) is 43.1 Å². The van der Waals surface area contributed by atoms with Gasteiger partial charge in [0.1, 0.15) is 11.6 Å². The Morgan fingerprint density at radius 2 is 1.86 bits per heavy atom. The van der Waals surface area contributed by atoms with Gasteiger partial charge in [-0.3, -0.25) is 4.90 Å². The van der Waals surface area contributed by atoms with Crippen LogP contribution in [0.5, 0.6) is 0 Å². The van der Waals surface area contributed by atoms with E-state index < -0.39 is 0 Å². The molecule has 150 valence electrons. The van der Waals surface area contributed by atoms with Gasteiger partial charge in [0.2, 0.25) is 0 Å². The summed E-state index contributed by atoms with van der Waals surface area (Å²) in [5, 5.41) is 0. The normalized spacial score (nSPS) is 30.5. The average Bonchev–Trinajstić information content (AvgIpc) is 3.29. The van der Waals surface area contributed by atoms with Crippen LogP contribution in [-0.4, -0.2) is 40.3 Å². The van der Waals surface area contributed by atoms with Gasteiger partial charge in [0, 0.05) is 38.6 Å². The van der Waals surface area contributed by atoms with E-state index in [0.717, 1.165) is 50.8 Å². The molecule has 1 saturated heterocycles. The average molecular weight is 384 g/mol. The van der Waals surface area contributed by atoms with Gasteiger partial charge in [-0.15, -0.1) is 0 Å². The maximum Gasteiger partial charge on any atom is 0.123 e. The Hall–Kier alpha value is -1.72. The van der Waals surface area contributed by atoms with E-state index in [9.17, 15) is 4.39 Å². The van der Waals surface area contributed by atoms with E-state index in [0.29, 0.717) is 24.0 Å². The summed E-state index contributed by atoms with van der Waals surface area (Å²) in [5.41, 5.74) is 1.20. The molecule has 0 bridgehead atoms. The summed E-state index contributed by atoms with van der Waals surface area (Å²) in [7, 11) is 0. The Kier molecular flexibility index (Phi) is 4.97. The molecule has 2 aliphatic carbocycles. The van der Waals surface area contributed by atoms with Gasteiger partial charge >= 0.3 is 0 Å². The Labute approximate surface area is 166 Å². The molecule has 1 aliphatic heterocycles. The summed E-state index contributed by atoms with van der Waals surface area (Å²) in [6.45, 7) is 6.18. The molecule has 3 fully saturated rings. The fourth-order valence-electron chi connectivity index (χ4n) is 5.22. The fraction of sp³-hybridized carbons (Fsp3) is 0.609. The second-order valence-electron chi connectivity index (χ2n) is 9.08. The van der Waals surface area contributed by atoms with E-state index in [-0.39, 0.29) is 5.82 Å². The summed E-state index contributed by atoms with van der Waals surface area (Å²) >= 11 is 0. The zero-order valence-electron chi connectivity index (χ0n) is 16.6. The molecule has 4 atom stereocenters. The number of aryl methyl sites for hydroxylation is 1. The van der Waals surface area contributed by atoms with E-state index in [1.807, 2.05) is 18.3 Å². The lowest BCUT2D eigenvalue weighted by Gasteiger charge is -2.39. The molecular formula is C23H30FN3O. The minimum atomic E-state index is -0.159. The van der Waals surface area contributed by atoms with Crippen molar-refractivity contribution in [1.29, 1.82) is 0 Å². The van der Waals surface area contributed by atoms with E-state index in [4.69, 9.17) is 4.74 Å². The van der Waals surface area contributed by atoms with E-state index in [1.165, 1.54) is 18.4 Å². The molecule has 2 heterocycles. The van der Waals surface area contributed by atoms with Crippen molar-refractivity contribution in [3.05, 3.63) is 53.9 Å². The first-order valence-corrected chi connectivity index (χ1v) is 10.7. The quantitative estimate of drug-likeness (QED) is 0.749. The van der Waals surface area contributed by atoms with E-state index in [1.54, 1.807) is 12.1 Å². The first-order chi connectivity index (χ1) is 13.7. The lowest BCUT2D eigenvalue weighted by atomic mass is 9.77. The third kappa shape index (κ3) is 3.87. The van der Waals surface area contributed by atoms with Crippen molar-refractivity contribution in [3.63, 3.8) is 0 Å². The highest BCUT2D eigenvalue weighted by Crippen LogP contribution is 2.44. The Morgan fingerprint density at radius 1 is 1.11 bits per heavy atom. The minimum Gasteiger partial charge on any atom is -0.376 e. The fourth-order valence-corrected chi connectivity index (χ4v) is 5.22. The molecule has 5 heteroatoms. The van der Waals surface area contributed by atoms with Crippen LogP contribution in [0.3, 0.4) is 0 Å². The van der Waals surface area contributed by atoms with Crippen LogP contribution in [0.4, 0.5) is 4.39 Å². The number of fused-ring (bicyclic) bond motifs is 1. The van der Waals surface area contributed by atoms with Crippen LogP contribution in [0, 0.1) is 30.5 Å². The van der Waals surface area contributed by atoms with Gasteiger partial charge in [0.25, 0.3) is 0 Å². The van der Waals surface area contributed by atoms with Crippen molar-refractivity contribution in [2.24, 2.45) is 17.8 Å². The van der Waals surface area contributed by atoms with Crippen molar-refractivity contribution in [2.75, 3.05) is 19.7 Å². The van der Waals surface area contributed by atoms with Crippen LogP contribution in [0.2, 0.25) is 0 Å². The van der Waals surface area contributed by atoms with Crippen molar-refractivity contribution in [3.8, 4) is 0 Å². The van der Waals surface area contributed by atoms with E-state index in [2.05, 4.69) is 27.6 Å². The maximum absolute atomic E-state index is 13.2. The molecule has 2 aromatic rings. The van der Waals surface area contributed by atoms with Crippen LogP contribution in [0.15, 0.2) is 36.7 Å². The van der Waals surface area contributed by atoms with Crippen molar-refractivity contribution in [2.45, 2.75) is 51.3 Å². The summed E-state index contributed by atoms with van der Waals surface area (Å²) in [6.07, 6.45) is 9.29. The number of benzene rings is 1. The van der Waals surface area contributed by atoms with Gasteiger partial charge < -0.3 is 9.30 Å². The number of imidazole rings is 1. The number of likely N-dealkylation sites (tertiary alicyclic amines) is 1. The van der Waals surface area contributed by atoms with Gasteiger partial charge in [0.15, 0.2) is 0 Å². The van der Waals surface area contributed by atoms with Crippen molar-refractivity contribution >= 4 is 0 Å². The minimum absolute atomic E-state index is 0.159. The first-order valence-electron chi connectivity index (χ1n) is 10.7. The summed E-state index contributed by atoms with van der Waals surface area (Å²) in [6, 6.07) is 7.36. The third-order valence-corrected chi connectivity index (χ3v) is 6.94. The van der Waals surface area contributed by atoms with Crippen molar-refractivity contribution in [1.82, 2.24) is 14.5 Å². The predicted molar refractivity (Wildman–Crippen MR) is 106 cm³/mol. The third-order valence-electron chi connectivity index (χ3n) is 6.94. The molecule has 0 radical (unpaired) electrons.